The van der Waals surface area contributed by atoms with Gasteiger partial charge in [0.1, 0.15) is 6.07 Å². The van der Waals surface area contributed by atoms with E-state index in [1.807, 2.05) is 37.4 Å². The molecule has 18 heavy (non-hydrogen) atoms. The molecule has 0 fully saturated rings. The summed E-state index contributed by atoms with van der Waals surface area (Å²) in [6, 6.07) is 9.97. The van der Waals surface area contributed by atoms with Gasteiger partial charge in [-0.1, -0.05) is 6.07 Å². The number of nitrogens with zero attached hydrogens (tertiary/aromatic N) is 3. The lowest BCUT2D eigenvalue weighted by Gasteiger charge is -2.04. The first kappa shape index (κ1) is 10.5. The molecule has 1 aromatic carbocycles. The number of aromatic nitrogens is 3. The zero-order valence-electron chi connectivity index (χ0n) is 9.81. The Morgan fingerprint density at radius 3 is 2.94 bits per heavy atom. The Balaban J connectivity index is 2.25. The number of H-pyrrole nitrogens is 1. The van der Waals surface area contributed by atoms with E-state index in [1.54, 1.807) is 6.20 Å². The Bertz CT molecular complexity index is 765. The van der Waals surface area contributed by atoms with E-state index in [0.29, 0.717) is 5.69 Å². The van der Waals surface area contributed by atoms with Gasteiger partial charge < -0.3 is 0 Å². The first-order valence-electron chi connectivity index (χ1n) is 5.59. The van der Waals surface area contributed by atoms with Gasteiger partial charge in [-0.3, -0.25) is 10.1 Å². The third kappa shape index (κ3) is 1.54. The number of benzene rings is 1. The van der Waals surface area contributed by atoms with Crippen molar-refractivity contribution < 1.29 is 0 Å². The predicted molar refractivity (Wildman–Crippen MR) is 68.8 cm³/mol. The number of fused-ring (bicyclic) bond motifs is 1. The van der Waals surface area contributed by atoms with Gasteiger partial charge in [0.2, 0.25) is 0 Å². The molecule has 0 aliphatic rings. The average molecular weight is 234 g/mol. The van der Waals surface area contributed by atoms with Crippen molar-refractivity contribution in [1.82, 2.24) is 15.2 Å². The Morgan fingerprint density at radius 1 is 1.28 bits per heavy atom. The van der Waals surface area contributed by atoms with E-state index in [0.717, 1.165) is 27.6 Å². The van der Waals surface area contributed by atoms with Gasteiger partial charge >= 0.3 is 0 Å². The van der Waals surface area contributed by atoms with Gasteiger partial charge in [-0.05, 0) is 36.2 Å². The topological polar surface area (TPSA) is 65.4 Å². The van der Waals surface area contributed by atoms with Gasteiger partial charge in [0, 0.05) is 23.3 Å². The van der Waals surface area contributed by atoms with Crippen LogP contribution in [0.2, 0.25) is 0 Å². The minimum Gasteiger partial charge on any atom is -0.276 e. The lowest BCUT2D eigenvalue weighted by molar-refractivity contribution is 1.10. The summed E-state index contributed by atoms with van der Waals surface area (Å²) < 4.78 is 0. The summed E-state index contributed by atoms with van der Waals surface area (Å²) in [6.07, 6.45) is 3.61. The molecule has 0 aliphatic carbocycles. The second-order valence-corrected chi connectivity index (χ2v) is 4.13. The highest BCUT2D eigenvalue weighted by Crippen LogP contribution is 2.26. The maximum absolute atomic E-state index is 9.00. The van der Waals surface area contributed by atoms with Crippen LogP contribution in [-0.4, -0.2) is 15.2 Å². The molecule has 0 bridgehead atoms. The van der Waals surface area contributed by atoms with E-state index >= 15 is 0 Å². The Hall–Kier alpha value is -2.67. The van der Waals surface area contributed by atoms with E-state index in [4.69, 9.17) is 5.26 Å². The second-order valence-electron chi connectivity index (χ2n) is 4.13. The first-order valence-corrected chi connectivity index (χ1v) is 5.59. The second kappa shape index (κ2) is 3.97. The number of aryl methyl sites for hydroxylation is 1. The summed E-state index contributed by atoms with van der Waals surface area (Å²) in [5, 5.41) is 16.7. The van der Waals surface area contributed by atoms with Crippen LogP contribution in [0.15, 0.2) is 36.7 Å². The molecule has 0 radical (unpaired) electrons. The number of rotatable bonds is 1. The van der Waals surface area contributed by atoms with Crippen LogP contribution >= 0.6 is 0 Å². The van der Waals surface area contributed by atoms with Crippen molar-refractivity contribution in [3.8, 4) is 17.2 Å². The van der Waals surface area contributed by atoms with E-state index in [-0.39, 0.29) is 0 Å². The molecule has 0 saturated carbocycles. The van der Waals surface area contributed by atoms with E-state index in [1.165, 1.54) is 0 Å². The predicted octanol–water partition coefficient (Wildman–Crippen LogP) is 2.80. The summed E-state index contributed by atoms with van der Waals surface area (Å²) in [5.41, 5.74) is 4.58. The first-order chi connectivity index (χ1) is 8.79. The summed E-state index contributed by atoms with van der Waals surface area (Å²) in [6.45, 7) is 2.04. The monoisotopic (exact) mass is 234 g/mol. The third-order valence-electron chi connectivity index (χ3n) is 3.02. The van der Waals surface area contributed by atoms with Gasteiger partial charge in [0.25, 0.3) is 0 Å². The van der Waals surface area contributed by atoms with Crippen LogP contribution < -0.4 is 0 Å². The number of aromatic amines is 1. The van der Waals surface area contributed by atoms with Gasteiger partial charge in [-0.25, -0.2) is 0 Å². The normalized spacial score (nSPS) is 10.4. The SMILES string of the molecule is Cc1ccncc1-c1ccc2[nH]nc(C#N)c2c1. The standard InChI is InChI=1S/C14H10N4/c1-9-4-5-16-8-12(9)10-2-3-13-11(6-10)14(7-15)18-17-13/h2-6,8H,1H3,(H,17,18). The Labute approximate surface area is 104 Å². The number of nitriles is 1. The maximum Gasteiger partial charge on any atom is 0.170 e. The van der Waals surface area contributed by atoms with Crippen molar-refractivity contribution in [3.05, 3.63) is 47.9 Å². The van der Waals surface area contributed by atoms with Crippen LogP contribution in [0, 0.1) is 18.3 Å². The van der Waals surface area contributed by atoms with E-state index < -0.39 is 0 Å². The number of pyridine rings is 1. The molecule has 0 saturated heterocycles. The van der Waals surface area contributed by atoms with Crippen molar-refractivity contribution in [2.24, 2.45) is 0 Å². The quantitative estimate of drug-likeness (QED) is 0.704. The van der Waals surface area contributed by atoms with Gasteiger partial charge in [-0.15, -0.1) is 0 Å². The molecule has 1 N–H and O–H groups in total. The van der Waals surface area contributed by atoms with Crippen molar-refractivity contribution in [2.45, 2.75) is 6.92 Å². The minimum absolute atomic E-state index is 0.424. The van der Waals surface area contributed by atoms with Gasteiger partial charge in [0.15, 0.2) is 5.69 Å². The van der Waals surface area contributed by atoms with Crippen molar-refractivity contribution in [2.75, 3.05) is 0 Å². The van der Waals surface area contributed by atoms with Gasteiger partial charge in [0.05, 0.1) is 5.52 Å². The number of hydrogen-bond donors (Lipinski definition) is 1. The van der Waals surface area contributed by atoms with Crippen LogP contribution in [0.3, 0.4) is 0 Å². The van der Waals surface area contributed by atoms with Crippen molar-refractivity contribution in [1.29, 1.82) is 5.26 Å². The average Bonchev–Trinajstić information content (AvgIpc) is 2.81. The number of hydrogen-bond acceptors (Lipinski definition) is 3. The smallest absolute Gasteiger partial charge is 0.170 e. The van der Waals surface area contributed by atoms with E-state index in [9.17, 15) is 0 Å². The highest BCUT2D eigenvalue weighted by molar-refractivity contribution is 5.88. The molecule has 0 aliphatic heterocycles. The minimum atomic E-state index is 0.424. The summed E-state index contributed by atoms with van der Waals surface area (Å²) in [4.78, 5) is 4.14. The van der Waals surface area contributed by atoms with Crippen molar-refractivity contribution >= 4 is 10.9 Å². The lowest BCUT2D eigenvalue weighted by atomic mass is 10.0. The Morgan fingerprint density at radius 2 is 2.17 bits per heavy atom. The van der Waals surface area contributed by atoms with E-state index in [2.05, 4.69) is 21.3 Å². The summed E-state index contributed by atoms with van der Waals surface area (Å²) in [5.74, 6) is 0. The highest BCUT2D eigenvalue weighted by atomic mass is 15.1. The molecule has 86 valence electrons. The fraction of sp³-hybridized carbons (Fsp3) is 0.0714. The molecule has 4 nitrogen and oxygen atoms in total. The molecule has 0 atom stereocenters. The fourth-order valence-corrected chi connectivity index (χ4v) is 2.03. The van der Waals surface area contributed by atoms with Crippen LogP contribution in [0.5, 0.6) is 0 Å². The summed E-state index contributed by atoms with van der Waals surface area (Å²) in [7, 11) is 0. The molecule has 4 heteroatoms. The molecule has 0 unspecified atom stereocenters. The number of nitrogens with one attached hydrogen (secondary N) is 1. The van der Waals surface area contributed by atoms with Crippen LogP contribution in [-0.2, 0) is 0 Å². The molecular weight excluding hydrogens is 224 g/mol. The highest BCUT2D eigenvalue weighted by Gasteiger charge is 2.08. The largest absolute Gasteiger partial charge is 0.276 e. The Kier molecular flexibility index (Phi) is 2.31. The third-order valence-corrected chi connectivity index (χ3v) is 3.02. The zero-order valence-corrected chi connectivity index (χ0v) is 9.81. The van der Waals surface area contributed by atoms with Crippen LogP contribution in [0.1, 0.15) is 11.3 Å². The molecular formula is C14H10N4. The molecule has 3 rings (SSSR count). The molecule has 0 spiro atoms. The maximum atomic E-state index is 9.00. The zero-order chi connectivity index (χ0) is 12.5. The molecule has 0 amide bonds. The summed E-state index contributed by atoms with van der Waals surface area (Å²) >= 11 is 0. The molecule has 3 aromatic rings. The fourth-order valence-electron chi connectivity index (χ4n) is 2.03. The lowest BCUT2D eigenvalue weighted by Crippen LogP contribution is -1.85. The molecule has 2 heterocycles. The van der Waals surface area contributed by atoms with Crippen LogP contribution in [0.4, 0.5) is 0 Å². The van der Waals surface area contributed by atoms with Crippen molar-refractivity contribution in [3.63, 3.8) is 0 Å². The van der Waals surface area contributed by atoms with Crippen LogP contribution in [0.25, 0.3) is 22.0 Å². The van der Waals surface area contributed by atoms with Gasteiger partial charge in [-0.2, -0.15) is 10.4 Å². The molecule has 2 aromatic heterocycles.